The minimum atomic E-state index is -0.635. The molecule has 0 saturated carbocycles. The van der Waals surface area contributed by atoms with Gasteiger partial charge in [-0.05, 0) is 55.7 Å². The fourth-order valence-electron chi connectivity index (χ4n) is 3.68. The van der Waals surface area contributed by atoms with Crippen molar-refractivity contribution in [1.82, 2.24) is 9.78 Å². The van der Waals surface area contributed by atoms with E-state index in [-0.39, 0.29) is 41.1 Å². The molecule has 0 aliphatic carbocycles. The maximum absolute atomic E-state index is 12.9. The van der Waals surface area contributed by atoms with Crippen molar-refractivity contribution in [2.24, 2.45) is 0 Å². The van der Waals surface area contributed by atoms with Crippen LogP contribution in [0.5, 0.6) is 5.75 Å². The summed E-state index contributed by atoms with van der Waals surface area (Å²) >= 11 is 0.959. The fourth-order valence-corrected chi connectivity index (χ4v) is 4.76. The smallest absolute Gasteiger partial charge is 0.348 e. The van der Waals surface area contributed by atoms with Gasteiger partial charge in [0.05, 0.1) is 18.8 Å². The summed E-state index contributed by atoms with van der Waals surface area (Å²) in [6.45, 7) is 5.41. The van der Waals surface area contributed by atoms with Crippen LogP contribution in [0.1, 0.15) is 49.9 Å². The van der Waals surface area contributed by atoms with E-state index in [0.717, 1.165) is 22.5 Å². The number of hydrogen-bond donors (Lipinski definition) is 1. The van der Waals surface area contributed by atoms with E-state index in [0.29, 0.717) is 11.3 Å². The van der Waals surface area contributed by atoms with Gasteiger partial charge in [-0.25, -0.2) is 14.3 Å². The minimum absolute atomic E-state index is 0.0944. The molecular formula is C28H27N3O6S. The molecule has 0 saturated heterocycles. The molecule has 4 rings (SSSR count). The van der Waals surface area contributed by atoms with Crippen LogP contribution in [0.25, 0.3) is 11.1 Å². The predicted molar refractivity (Wildman–Crippen MR) is 144 cm³/mol. The van der Waals surface area contributed by atoms with Gasteiger partial charge in [-0.3, -0.25) is 4.79 Å². The molecule has 2 aromatic carbocycles. The number of aromatic nitrogens is 2. The summed E-state index contributed by atoms with van der Waals surface area (Å²) in [5.41, 5.74) is 2.82. The van der Waals surface area contributed by atoms with Gasteiger partial charge < -0.3 is 19.5 Å². The molecule has 196 valence electrons. The van der Waals surface area contributed by atoms with Crippen LogP contribution in [0.15, 0.2) is 66.9 Å². The van der Waals surface area contributed by atoms with E-state index in [1.807, 2.05) is 54.6 Å². The standard InChI is InChI=1S/C28H27N3O6S/c1-4-35-27(33)23-18(3)24(28(34)36-5-2)38-26(23)29-25(32)22-15-16-31(30-22)17-37-21-13-11-20(12-14-21)19-9-7-6-8-10-19/h6-16H,4-5,17H2,1-3H3,(H,29,32). The highest BCUT2D eigenvalue weighted by Gasteiger charge is 2.28. The Morgan fingerprint density at radius 3 is 2.24 bits per heavy atom. The molecule has 0 bridgehead atoms. The third kappa shape index (κ3) is 6.09. The fraction of sp³-hybridized carbons (Fsp3) is 0.214. The van der Waals surface area contributed by atoms with Crippen LogP contribution in [-0.2, 0) is 16.2 Å². The number of anilines is 1. The lowest BCUT2D eigenvalue weighted by Gasteiger charge is -2.08. The summed E-state index contributed by atoms with van der Waals surface area (Å²) in [6, 6.07) is 19.3. The summed E-state index contributed by atoms with van der Waals surface area (Å²) in [6.07, 6.45) is 1.61. The molecular weight excluding hydrogens is 506 g/mol. The quantitative estimate of drug-likeness (QED) is 0.266. The number of rotatable bonds is 10. The third-order valence-electron chi connectivity index (χ3n) is 5.51. The van der Waals surface area contributed by atoms with E-state index in [2.05, 4.69) is 10.4 Å². The zero-order chi connectivity index (χ0) is 27.1. The number of esters is 2. The average Bonchev–Trinajstić information content (AvgIpc) is 3.53. The van der Waals surface area contributed by atoms with Crippen molar-refractivity contribution in [2.75, 3.05) is 18.5 Å². The maximum atomic E-state index is 12.9. The van der Waals surface area contributed by atoms with Crippen LogP contribution in [0.3, 0.4) is 0 Å². The summed E-state index contributed by atoms with van der Waals surface area (Å²) in [4.78, 5) is 38.1. The molecule has 9 nitrogen and oxygen atoms in total. The summed E-state index contributed by atoms with van der Waals surface area (Å²) in [5.74, 6) is -1.09. The number of carbonyl (C=O) groups is 3. The largest absolute Gasteiger partial charge is 0.471 e. The van der Waals surface area contributed by atoms with E-state index in [1.54, 1.807) is 27.0 Å². The lowest BCUT2D eigenvalue weighted by Crippen LogP contribution is -2.16. The van der Waals surface area contributed by atoms with E-state index in [4.69, 9.17) is 14.2 Å². The van der Waals surface area contributed by atoms with Crippen LogP contribution in [0.2, 0.25) is 0 Å². The van der Waals surface area contributed by atoms with E-state index >= 15 is 0 Å². The number of ether oxygens (including phenoxy) is 3. The van der Waals surface area contributed by atoms with Gasteiger partial charge in [-0.15, -0.1) is 11.3 Å². The number of thiophene rings is 1. The molecule has 0 aliphatic rings. The van der Waals surface area contributed by atoms with Gasteiger partial charge in [-0.1, -0.05) is 42.5 Å². The average molecular weight is 534 g/mol. The van der Waals surface area contributed by atoms with Crippen LogP contribution in [-0.4, -0.2) is 40.8 Å². The van der Waals surface area contributed by atoms with Crippen LogP contribution in [0, 0.1) is 6.92 Å². The SMILES string of the molecule is CCOC(=O)c1sc(NC(=O)c2ccn(COc3ccc(-c4ccccc4)cc3)n2)c(C(=O)OCC)c1C. The van der Waals surface area contributed by atoms with E-state index in [1.165, 1.54) is 10.7 Å². The number of hydrogen-bond acceptors (Lipinski definition) is 8. The highest BCUT2D eigenvalue weighted by atomic mass is 32.1. The van der Waals surface area contributed by atoms with E-state index < -0.39 is 17.8 Å². The Kier molecular flexibility index (Phi) is 8.55. The Balaban J connectivity index is 1.43. The minimum Gasteiger partial charge on any atom is -0.471 e. The van der Waals surface area contributed by atoms with Crippen LogP contribution >= 0.6 is 11.3 Å². The Morgan fingerprint density at radius 1 is 0.895 bits per heavy atom. The number of amides is 1. The second-order valence-corrected chi connectivity index (χ2v) is 9.08. The molecule has 0 unspecified atom stereocenters. The van der Waals surface area contributed by atoms with Gasteiger partial charge in [0.1, 0.15) is 15.6 Å². The molecule has 0 spiro atoms. The second-order valence-electron chi connectivity index (χ2n) is 8.06. The molecule has 1 N–H and O–H groups in total. The first-order valence-electron chi connectivity index (χ1n) is 12.0. The van der Waals surface area contributed by atoms with Crippen molar-refractivity contribution >= 4 is 34.2 Å². The lowest BCUT2D eigenvalue weighted by atomic mass is 10.1. The Morgan fingerprint density at radius 2 is 1.55 bits per heavy atom. The van der Waals surface area contributed by atoms with Crippen molar-refractivity contribution in [3.8, 4) is 16.9 Å². The molecule has 4 aromatic rings. The number of benzene rings is 2. The first kappa shape index (κ1) is 26.6. The van der Waals surface area contributed by atoms with Crippen molar-refractivity contribution in [3.05, 3.63) is 88.6 Å². The molecule has 0 atom stereocenters. The van der Waals surface area contributed by atoms with E-state index in [9.17, 15) is 14.4 Å². The van der Waals surface area contributed by atoms with Gasteiger partial charge in [0.25, 0.3) is 5.91 Å². The maximum Gasteiger partial charge on any atom is 0.348 e. The molecule has 38 heavy (non-hydrogen) atoms. The molecule has 2 heterocycles. The van der Waals surface area contributed by atoms with Crippen molar-refractivity contribution < 1.29 is 28.6 Å². The third-order valence-corrected chi connectivity index (χ3v) is 6.70. The summed E-state index contributed by atoms with van der Waals surface area (Å²) in [7, 11) is 0. The number of nitrogens with one attached hydrogen (secondary N) is 1. The molecule has 2 aromatic heterocycles. The molecule has 0 fully saturated rings. The highest BCUT2D eigenvalue weighted by molar-refractivity contribution is 7.18. The number of carbonyl (C=O) groups excluding carboxylic acids is 3. The van der Waals surface area contributed by atoms with Gasteiger partial charge >= 0.3 is 11.9 Å². The second kappa shape index (κ2) is 12.2. The molecule has 1 amide bonds. The zero-order valence-electron chi connectivity index (χ0n) is 21.2. The van der Waals surface area contributed by atoms with Gasteiger partial charge in [0.2, 0.25) is 0 Å². The predicted octanol–water partition coefficient (Wildman–Crippen LogP) is 5.56. The van der Waals surface area contributed by atoms with Gasteiger partial charge in [0.15, 0.2) is 12.4 Å². The topological polar surface area (TPSA) is 109 Å². The molecule has 0 aliphatic heterocycles. The van der Waals surface area contributed by atoms with Gasteiger partial charge in [0, 0.05) is 6.20 Å². The van der Waals surface area contributed by atoms with Crippen LogP contribution < -0.4 is 10.1 Å². The summed E-state index contributed by atoms with van der Waals surface area (Å²) in [5, 5.41) is 7.15. The Labute approximate surface area is 224 Å². The van der Waals surface area contributed by atoms with Gasteiger partial charge in [-0.2, -0.15) is 5.10 Å². The Hall–Kier alpha value is -4.44. The summed E-state index contributed by atoms with van der Waals surface area (Å²) < 4.78 is 17.5. The molecule has 10 heteroatoms. The Bertz CT molecular complexity index is 1430. The van der Waals surface area contributed by atoms with Crippen molar-refractivity contribution in [2.45, 2.75) is 27.5 Å². The first-order chi connectivity index (χ1) is 18.4. The first-order valence-corrected chi connectivity index (χ1v) is 12.8. The molecule has 0 radical (unpaired) electrons. The zero-order valence-corrected chi connectivity index (χ0v) is 22.0. The highest BCUT2D eigenvalue weighted by Crippen LogP contribution is 2.34. The van der Waals surface area contributed by atoms with Crippen LogP contribution in [0.4, 0.5) is 5.00 Å². The lowest BCUT2D eigenvalue weighted by molar-refractivity contribution is 0.0527. The number of nitrogens with zero attached hydrogens (tertiary/aromatic N) is 2. The van der Waals surface area contributed by atoms with Crippen molar-refractivity contribution in [1.29, 1.82) is 0 Å². The normalized spacial score (nSPS) is 10.6. The van der Waals surface area contributed by atoms with Crippen molar-refractivity contribution in [3.63, 3.8) is 0 Å². The monoisotopic (exact) mass is 533 g/mol.